The summed E-state index contributed by atoms with van der Waals surface area (Å²) in [6, 6.07) is 2.40. The van der Waals surface area contributed by atoms with Gasteiger partial charge in [0, 0.05) is 50.9 Å². The zero-order valence-electron chi connectivity index (χ0n) is 15.1. The van der Waals surface area contributed by atoms with E-state index in [-0.39, 0.29) is 11.7 Å². The molecule has 0 aliphatic carbocycles. The molecule has 3 heterocycles. The lowest BCUT2D eigenvalue weighted by atomic mass is 9.90. The molecule has 2 saturated heterocycles. The van der Waals surface area contributed by atoms with E-state index < -0.39 is 0 Å². The summed E-state index contributed by atoms with van der Waals surface area (Å²) in [5.41, 5.74) is -0.254. The smallest absolute Gasteiger partial charge is 0.410 e. The van der Waals surface area contributed by atoms with Gasteiger partial charge in [-0.2, -0.15) is 5.10 Å². The molecule has 1 aromatic heterocycles. The maximum atomic E-state index is 12.2. The number of hydrogen-bond donors (Lipinski definition) is 0. The highest BCUT2D eigenvalue weighted by Crippen LogP contribution is 2.34. The molecule has 2 aliphatic rings. The van der Waals surface area contributed by atoms with Crippen molar-refractivity contribution in [1.82, 2.24) is 19.6 Å². The maximum Gasteiger partial charge on any atom is 0.410 e. The molecule has 134 valence electrons. The molecule has 0 radical (unpaired) electrons. The van der Waals surface area contributed by atoms with Gasteiger partial charge in [0.2, 0.25) is 0 Å². The fourth-order valence-electron chi connectivity index (χ4n) is 3.71. The average Bonchev–Trinajstić information content (AvgIpc) is 3.14. The van der Waals surface area contributed by atoms with Crippen LogP contribution in [0.25, 0.3) is 0 Å². The van der Waals surface area contributed by atoms with Crippen molar-refractivity contribution in [2.75, 3.05) is 26.2 Å². The van der Waals surface area contributed by atoms with E-state index in [4.69, 9.17) is 4.74 Å². The van der Waals surface area contributed by atoms with Gasteiger partial charge in [0.25, 0.3) is 0 Å². The van der Waals surface area contributed by atoms with Crippen LogP contribution in [0.15, 0.2) is 18.5 Å². The van der Waals surface area contributed by atoms with Gasteiger partial charge in [0.1, 0.15) is 5.60 Å². The SMILES string of the molecule is CC(C)CCN1CC2(CCN([C@H](C)Cn3cccn3)CC2)OC1=O. The molecule has 1 aromatic rings. The summed E-state index contributed by atoms with van der Waals surface area (Å²) < 4.78 is 7.80. The van der Waals surface area contributed by atoms with Gasteiger partial charge in [-0.1, -0.05) is 13.8 Å². The maximum absolute atomic E-state index is 12.2. The first kappa shape index (κ1) is 17.3. The van der Waals surface area contributed by atoms with Crippen LogP contribution in [0.4, 0.5) is 4.79 Å². The summed E-state index contributed by atoms with van der Waals surface area (Å²) in [5, 5.41) is 4.29. The number of likely N-dealkylation sites (tertiary alicyclic amines) is 1. The highest BCUT2D eigenvalue weighted by atomic mass is 16.6. The van der Waals surface area contributed by atoms with Gasteiger partial charge in [0.15, 0.2) is 0 Å². The van der Waals surface area contributed by atoms with Crippen LogP contribution in [0.5, 0.6) is 0 Å². The molecule has 6 nitrogen and oxygen atoms in total. The normalized spacial score (nSPS) is 22.3. The minimum atomic E-state index is -0.254. The van der Waals surface area contributed by atoms with E-state index in [1.807, 2.05) is 28.0 Å². The van der Waals surface area contributed by atoms with Crippen LogP contribution in [0.3, 0.4) is 0 Å². The Kier molecular flexibility index (Phi) is 5.13. The van der Waals surface area contributed by atoms with E-state index in [0.717, 1.165) is 52.0 Å². The molecule has 2 fully saturated rings. The van der Waals surface area contributed by atoms with Crippen LogP contribution in [0.1, 0.15) is 40.0 Å². The molecule has 0 saturated carbocycles. The van der Waals surface area contributed by atoms with Crippen molar-refractivity contribution >= 4 is 6.09 Å². The summed E-state index contributed by atoms with van der Waals surface area (Å²) >= 11 is 0. The summed E-state index contributed by atoms with van der Waals surface area (Å²) in [6.45, 7) is 11.1. The predicted molar refractivity (Wildman–Crippen MR) is 92.7 cm³/mol. The number of nitrogens with zero attached hydrogens (tertiary/aromatic N) is 4. The summed E-state index contributed by atoms with van der Waals surface area (Å²) in [7, 11) is 0. The second-order valence-corrected chi connectivity index (χ2v) is 7.77. The fraction of sp³-hybridized carbons (Fsp3) is 0.778. The number of ether oxygens (including phenoxy) is 1. The van der Waals surface area contributed by atoms with Gasteiger partial charge in [-0.05, 0) is 25.3 Å². The first-order chi connectivity index (χ1) is 11.5. The predicted octanol–water partition coefficient (Wildman–Crippen LogP) is 2.60. The lowest BCUT2D eigenvalue weighted by molar-refractivity contribution is -0.0102. The largest absolute Gasteiger partial charge is 0.441 e. The third-order valence-corrected chi connectivity index (χ3v) is 5.36. The van der Waals surface area contributed by atoms with Gasteiger partial charge in [-0.3, -0.25) is 9.58 Å². The van der Waals surface area contributed by atoms with Crippen LogP contribution < -0.4 is 0 Å². The quantitative estimate of drug-likeness (QED) is 0.802. The van der Waals surface area contributed by atoms with Crippen molar-refractivity contribution in [3.05, 3.63) is 18.5 Å². The molecule has 0 N–H and O–H groups in total. The Hall–Kier alpha value is -1.56. The zero-order chi connectivity index (χ0) is 17.2. The minimum Gasteiger partial charge on any atom is -0.441 e. The van der Waals surface area contributed by atoms with Gasteiger partial charge in [-0.15, -0.1) is 0 Å². The highest BCUT2D eigenvalue weighted by Gasteiger charge is 2.47. The first-order valence-electron chi connectivity index (χ1n) is 9.17. The standard InChI is InChI=1S/C18H30N4O2/c1-15(2)5-10-21-14-18(24-17(21)23)6-11-20(12-7-18)16(3)13-22-9-4-8-19-22/h4,8-9,15-16H,5-7,10-14H2,1-3H3/t16-/m1/s1. The molecular weight excluding hydrogens is 304 g/mol. The average molecular weight is 334 g/mol. The summed E-state index contributed by atoms with van der Waals surface area (Å²) in [4.78, 5) is 16.6. The molecule has 2 aliphatic heterocycles. The molecule has 6 heteroatoms. The Bertz CT molecular complexity index is 535. The summed E-state index contributed by atoms with van der Waals surface area (Å²) in [6.07, 6.45) is 6.61. The molecule has 1 atom stereocenters. The Labute approximate surface area is 144 Å². The number of amides is 1. The van der Waals surface area contributed by atoms with Crippen molar-refractivity contribution in [1.29, 1.82) is 0 Å². The van der Waals surface area contributed by atoms with Crippen LogP contribution in [0, 0.1) is 5.92 Å². The van der Waals surface area contributed by atoms with Crippen molar-refractivity contribution in [2.24, 2.45) is 5.92 Å². The molecular formula is C18H30N4O2. The Morgan fingerprint density at radius 1 is 1.29 bits per heavy atom. The molecule has 1 spiro atoms. The highest BCUT2D eigenvalue weighted by molar-refractivity contribution is 5.70. The molecule has 0 unspecified atom stereocenters. The van der Waals surface area contributed by atoms with Crippen molar-refractivity contribution in [2.45, 2.75) is 58.2 Å². The van der Waals surface area contributed by atoms with E-state index >= 15 is 0 Å². The van der Waals surface area contributed by atoms with Crippen LogP contribution >= 0.6 is 0 Å². The van der Waals surface area contributed by atoms with Crippen molar-refractivity contribution < 1.29 is 9.53 Å². The second-order valence-electron chi connectivity index (χ2n) is 7.77. The van der Waals surface area contributed by atoms with E-state index in [9.17, 15) is 4.79 Å². The van der Waals surface area contributed by atoms with Gasteiger partial charge < -0.3 is 9.64 Å². The first-order valence-corrected chi connectivity index (χ1v) is 9.17. The molecule has 24 heavy (non-hydrogen) atoms. The fourth-order valence-corrected chi connectivity index (χ4v) is 3.71. The van der Waals surface area contributed by atoms with Crippen molar-refractivity contribution in [3.63, 3.8) is 0 Å². The lowest BCUT2D eigenvalue weighted by Gasteiger charge is -2.40. The van der Waals surface area contributed by atoms with E-state index in [1.165, 1.54) is 0 Å². The molecule has 1 amide bonds. The number of piperidine rings is 1. The zero-order valence-corrected chi connectivity index (χ0v) is 15.1. The Morgan fingerprint density at radius 2 is 2.04 bits per heavy atom. The lowest BCUT2D eigenvalue weighted by Crippen LogP contribution is -2.50. The van der Waals surface area contributed by atoms with E-state index in [0.29, 0.717) is 12.0 Å². The third-order valence-electron chi connectivity index (χ3n) is 5.36. The van der Waals surface area contributed by atoms with Crippen LogP contribution in [0.2, 0.25) is 0 Å². The third kappa shape index (κ3) is 3.91. The Balaban J connectivity index is 1.50. The number of hydrogen-bond acceptors (Lipinski definition) is 4. The van der Waals surface area contributed by atoms with E-state index in [1.54, 1.807) is 0 Å². The van der Waals surface area contributed by atoms with Crippen LogP contribution in [-0.4, -0.2) is 63.5 Å². The van der Waals surface area contributed by atoms with Gasteiger partial charge >= 0.3 is 6.09 Å². The molecule has 0 aromatic carbocycles. The van der Waals surface area contributed by atoms with Crippen molar-refractivity contribution in [3.8, 4) is 0 Å². The van der Waals surface area contributed by atoms with Gasteiger partial charge in [-0.25, -0.2) is 4.79 Å². The van der Waals surface area contributed by atoms with Gasteiger partial charge in [0.05, 0.1) is 13.1 Å². The Morgan fingerprint density at radius 3 is 2.67 bits per heavy atom. The minimum absolute atomic E-state index is 0.117. The number of aromatic nitrogens is 2. The summed E-state index contributed by atoms with van der Waals surface area (Å²) in [5.74, 6) is 0.611. The van der Waals surface area contributed by atoms with Crippen LogP contribution in [-0.2, 0) is 11.3 Å². The topological polar surface area (TPSA) is 50.6 Å². The molecule has 0 bridgehead atoms. The second kappa shape index (κ2) is 7.13. The number of carbonyl (C=O) groups excluding carboxylic acids is 1. The number of carbonyl (C=O) groups is 1. The molecule has 3 rings (SSSR count). The number of rotatable bonds is 6. The van der Waals surface area contributed by atoms with E-state index in [2.05, 4.69) is 30.8 Å². The monoisotopic (exact) mass is 334 g/mol.